The lowest BCUT2D eigenvalue weighted by molar-refractivity contribution is 0.103. The molecule has 2 rings (SSSR count). The van der Waals surface area contributed by atoms with Gasteiger partial charge < -0.3 is 4.74 Å². The van der Waals surface area contributed by atoms with Crippen molar-refractivity contribution in [2.45, 2.75) is 20.8 Å². The number of ketones is 1. The van der Waals surface area contributed by atoms with Gasteiger partial charge in [0.2, 0.25) is 0 Å². The van der Waals surface area contributed by atoms with Crippen LogP contribution in [0.2, 0.25) is 0 Å². The Balaban J connectivity index is 2.41. The number of hydrogen-bond donors (Lipinski definition) is 0. The molecular formula is C15H18N2O2. The summed E-state index contributed by atoms with van der Waals surface area (Å²) in [5.41, 5.74) is 2.94. The first kappa shape index (κ1) is 13.3. The highest BCUT2D eigenvalue weighted by atomic mass is 16.5. The minimum atomic E-state index is -0.00958. The third-order valence-electron chi connectivity index (χ3n) is 3.14. The molecule has 0 radical (unpaired) electrons. The monoisotopic (exact) mass is 258 g/mol. The van der Waals surface area contributed by atoms with Gasteiger partial charge in [0.1, 0.15) is 5.75 Å². The van der Waals surface area contributed by atoms with Crippen LogP contribution in [0.25, 0.3) is 0 Å². The van der Waals surface area contributed by atoms with Crippen LogP contribution < -0.4 is 4.74 Å². The molecule has 4 nitrogen and oxygen atoms in total. The fraction of sp³-hybridized carbons (Fsp3) is 0.333. The molecule has 100 valence electrons. The van der Waals surface area contributed by atoms with Crippen molar-refractivity contribution in [3.63, 3.8) is 0 Å². The highest BCUT2D eigenvalue weighted by Crippen LogP contribution is 2.20. The molecule has 0 fully saturated rings. The second-order valence-electron chi connectivity index (χ2n) is 4.46. The van der Waals surface area contributed by atoms with E-state index in [1.165, 1.54) is 0 Å². The number of benzene rings is 1. The predicted molar refractivity (Wildman–Crippen MR) is 73.7 cm³/mol. The first-order valence-electron chi connectivity index (χ1n) is 6.32. The van der Waals surface area contributed by atoms with Gasteiger partial charge in [-0.2, -0.15) is 5.10 Å². The van der Waals surface area contributed by atoms with Gasteiger partial charge in [-0.15, -0.1) is 0 Å². The number of nitrogens with zero attached hydrogens (tertiary/aromatic N) is 2. The zero-order chi connectivity index (χ0) is 14.0. The van der Waals surface area contributed by atoms with Crippen LogP contribution in [0.3, 0.4) is 0 Å². The van der Waals surface area contributed by atoms with Gasteiger partial charge in [-0.05, 0) is 32.9 Å². The van der Waals surface area contributed by atoms with Gasteiger partial charge in [0.25, 0.3) is 0 Å². The molecule has 4 heteroatoms. The Labute approximate surface area is 113 Å². The smallest absolute Gasteiger partial charge is 0.196 e. The Kier molecular flexibility index (Phi) is 3.69. The van der Waals surface area contributed by atoms with E-state index in [-0.39, 0.29) is 5.78 Å². The number of rotatable bonds is 4. The second-order valence-corrected chi connectivity index (χ2v) is 4.46. The van der Waals surface area contributed by atoms with Crippen LogP contribution in [0.1, 0.15) is 34.2 Å². The summed E-state index contributed by atoms with van der Waals surface area (Å²) in [6, 6.07) is 7.26. The maximum Gasteiger partial charge on any atom is 0.196 e. The van der Waals surface area contributed by atoms with Gasteiger partial charge in [0.05, 0.1) is 17.9 Å². The molecule has 2 aromatic rings. The van der Waals surface area contributed by atoms with E-state index < -0.39 is 0 Å². The van der Waals surface area contributed by atoms with Crippen molar-refractivity contribution in [1.82, 2.24) is 9.78 Å². The van der Waals surface area contributed by atoms with Gasteiger partial charge in [0.15, 0.2) is 5.78 Å². The molecule has 1 aromatic heterocycles. The van der Waals surface area contributed by atoms with Gasteiger partial charge in [0, 0.05) is 18.3 Å². The van der Waals surface area contributed by atoms with Crippen molar-refractivity contribution in [1.29, 1.82) is 0 Å². The van der Waals surface area contributed by atoms with E-state index in [0.29, 0.717) is 23.5 Å². The predicted octanol–water partition coefficient (Wildman–Crippen LogP) is 2.67. The number of aryl methyl sites for hydroxylation is 2. The van der Waals surface area contributed by atoms with E-state index in [9.17, 15) is 4.79 Å². The lowest BCUT2D eigenvalue weighted by atomic mass is 10.0. The molecule has 0 aliphatic rings. The summed E-state index contributed by atoms with van der Waals surface area (Å²) in [7, 11) is 1.84. The summed E-state index contributed by atoms with van der Waals surface area (Å²) in [6.45, 7) is 6.26. The summed E-state index contributed by atoms with van der Waals surface area (Å²) in [6.07, 6.45) is 0. The SMILES string of the molecule is CCOc1cccc(C(=O)c2c(C)nn(C)c2C)c1. The minimum Gasteiger partial charge on any atom is -0.494 e. The summed E-state index contributed by atoms with van der Waals surface area (Å²) in [4.78, 5) is 12.5. The van der Waals surface area contributed by atoms with Crippen molar-refractivity contribution in [2.75, 3.05) is 6.61 Å². The van der Waals surface area contributed by atoms with Crippen LogP contribution in [0.4, 0.5) is 0 Å². The average Bonchev–Trinajstić information content (AvgIpc) is 2.63. The second kappa shape index (κ2) is 5.26. The summed E-state index contributed by atoms with van der Waals surface area (Å²) in [5, 5.41) is 4.28. The number of aromatic nitrogens is 2. The molecule has 0 unspecified atom stereocenters. The van der Waals surface area contributed by atoms with Crippen LogP contribution >= 0.6 is 0 Å². The minimum absolute atomic E-state index is 0.00958. The third-order valence-corrected chi connectivity index (χ3v) is 3.14. The molecular weight excluding hydrogens is 240 g/mol. The molecule has 0 atom stereocenters. The Morgan fingerprint density at radius 1 is 1.37 bits per heavy atom. The van der Waals surface area contributed by atoms with Gasteiger partial charge in [-0.25, -0.2) is 0 Å². The Morgan fingerprint density at radius 3 is 2.68 bits per heavy atom. The summed E-state index contributed by atoms with van der Waals surface area (Å²) in [5.74, 6) is 0.706. The molecule has 0 aliphatic heterocycles. The van der Waals surface area contributed by atoms with Crippen molar-refractivity contribution in [2.24, 2.45) is 7.05 Å². The third kappa shape index (κ3) is 2.52. The standard InChI is InChI=1S/C15H18N2O2/c1-5-19-13-8-6-7-12(9-13)15(18)14-10(2)16-17(4)11(14)3/h6-9H,5H2,1-4H3. The highest BCUT2D eigenvalue weighted by molar-refractivity contribution is 6.10. The molecule has 0 N–H and O–H groups in total. The van der Waals surface area contributed by atoms with E-state index in [2.05, 4.69) is 5.10 Å². The maximum absolute atomic E-state index is 12.5. The lowest BCUT2D eigenvalue weighted by Crippen LogP contribution is -2.05. The molecule has 19 heavy (non-hydrogen) atoms. The first-order chi connectivity index (χ1) is 9.04. The number of ether oxygens (including phenoxy) is 1. The van der Waals surface area contributed by atoms with Crippen LogP contribution in [0.15, 0.2) is 24.3 Å². The normalized spacial score (nSPS) is 10.5. The Hall–Kier alpha value is -2.10. The van der Waals surface area contributed by atoms with Crippen molar-refractivity contribution in [3.05, 3.63) is 46.8 Å². The molecule has 0 aliphatic carbocycles. The van der Waals surface area contributed by atoms with E-state index in [4.69, 9.17) is 4.74 Å². The van der Waals surface area contributed by atoms with Crippen LogP contribution in [0, 0.1) is 13.8 Å². The van der Waals surface area contributed by atoms with Crippen molar-refractivity contribution >= 4 is 5.78 Å². The highest BCUT2D eigenvalue weighted by Gasteiger charge is 2.19. The van der Waals surface area contributed by atoms with E-state index in [1.54, 1.807) is 16.8 Å². The molecule has 1 heterocycles. The van der Waals surface area contributed by atoms with Gasteiger partial charge in [-0.1, -0.05) is 12.1 Å². The zero-order valence-electron chi connectivity index (χ0n) is 11.7. The number of carbonyl (C=O) groups excluding carboxylic acids is 1. The molecule has 1 aromatic carbocycles. The Bertz CT molecular complexity index is 615. The van der Waals surface area contributed by atoms with E-state index >= 15 is 0 Å². The Morgan fingerprint density at radius 2 is 2.11 bits per heavy atom. The van der Waals surface area contributed by atoms with E-state index in [1.807, 2.05) is 40.0 Å². The van der Waals surface area contributed by atoms with Gasteiger partial charge >= 0.3 is 0 Å². The molecule has 0 spiro atoms. The summed E-state index contributed by atoms with van der Waals surface area (Å²) >= 11 is 0. The fourth-order valence-corrected chi connectivity index (χ4v) is 2.14. The van der Waals surface area contributed by atoms with Crippen molar-refractivity contribution < 1.29 is 9.53 Å². The maximum atomic E-state index is 12.5. The van der Waals surface area contributed by atoms with E-state index in [0.717, 1.165) is 11.4 Å². The van der Waals surface area contributed by atoms with Gasteiger partial charge in [-0.3, -0.25) is 9.48 Å². The molecule has 0 bridgehead atoms. The zero-order valence-corrected chi connectivity index (χ0v) is 11.7. The number of carbonyl (C=O) groups is 1. The van der Waals surface area contributed by atoms with Crippen LogP contribution in [0.5, 0.6) is 5.75 Å². The largest absolute Gasteiger partial charge is 0.494 e. The first-order valence-corrected chi connectivity index (χ1v) is 6.32. The fourth-order valence-electron chi connectivity index (χ4n) is 2.14. The average molecular weight is 258 g/mol. The molecule has 0 saturated heterocycles. The van der Waals surface area contributed by atoms with Crippen LogP contribution in [-0.4, -0.2) is 22.2 Å². The molecule has 0 saturated carbocycles. The van der Waals surface area contributed by atoms with Crippen molar-refractivity contribution in [3.8, 4) is 5.75 Å². The topological polar surface area (TPSA) is 44.1 Å². The summed E-state index contributed by atoms with van der Waals surface area (Å²) < 4.78 is 7.16. The quantitative estimate of drug-likeness (QED) is 0.792. The number of hydrogen-bond acceptors (Lipinski definition) is 3. The lowest BCUT2D eigenvalue weighted by Gasteiger charge is -2.06. The molecule has 0 amide bonds. The van der Waals surface area contributed by atoms with Crippen LogP contribution in [-0.2, 0) is 7.05 Å².